The van der Waals surface area contributed by atoms with Crippen LogP contribution in [0.25, 0.3) is 0 Å². The molecule has 0 saturated carbocycles. The van der Waals surface area contributed by atoms with Crippen molar-refractivity contribution in [1.29, 1.82) is 0 Å². The summed E-state index contributed by atoms with van der Waals surface area (Å²) in [6.07, 6.45) is 0. The molecule has 0 unspecified atom stereocenters. The van der Waals surface area contributed by atoms with Gasteiger partial charge in [0, 0.05) is 0 Å². The summed E-state index contributed by atoms with van der Waals surface area (Å²) in [6, 6.07) is 17.9. The van der Waals surface area contributed by atoms with Crippen LogP contribution in [0.1, 0.15) is 0 Å². The molecule has 2 rings (SSSR count). The summed E-state index contributed by atoms with van der Waals surface area (Å²) in [5, 5.41) is 0. The summed E-state index contributed by atoms with van der Waals surface area (Å²) < 4.78 is 38.7. The lowest BCUT2D eigenvalue weighted by atomic mass is 10.4. The molecule has 1 radical (unpaired) electrons. The summed E-state index contributed by atoms with van der Waals surface area (Å²) in [5.41, 5.74) is 0. The van der Waals surface area contributed by atoms with Crippen molar-refractivity contribution >= 4 is 0 Å². The Labute approximate surface area is 115 Å². The van der Waals surface area contributed by atoms with Crippen molar-refractivity contribution in [2.45, 2.75) is 0 Å². The fourth-order valence-corrected chi connectivity index (χ4v) is 6.83. The Hall–Kier alpha value is -0.700. The van der Waals surface area contributed by atoms with Crippen molar-refractivity contribution in [3.8, 4) is 0 Å². The number of hydrogen-bond donors (Lipinski definition) is 0. The largest absolute Gasteiger partial charge is 0.486 e. The predicted octanol–water partition coefficient (Wildman–Crippen LogP) is -3.82. The van der Waals surface area contributed by atoms with E-state index in [9.17, 15) is 14.0 Å². The van der Waals surface area contributed by atoms with Gasteiger partial charge < -0.3 is 0 Å². The first-order chi connectivity index (χ1) is 8.56. The summed E-state index contributed by atoms with van der Waals surface area (Å²) >= 11 is -2.69. The van der Waals surface area contributed by atoms with Crippen LogP contribution in [0.3, 0.4) is 0 Å². The zero-order valence-electron chi connectivity index (χ0n) is 9.16. The first-order valence-corrected chi connectivity index (χ1v) is 9.24. The summed E-state index contributed by atoms with van der Waals surface area (Å²) in [7, 11) is -4.42. The molecule has 2 aromatic rings. The second-order valence-electron chi connectivity index (χ2n) is 3.28. The molecule has 0 saturated heterocycles. The van der Waals surface area contributed by atoms with Crippen LogP contribution in [-0.4, -0.2) is 0 Å². The SMILES string of the molecule is [O-][Cl+3]([O-])([O-])O[I+](c1ccccc1)c1ccccc1. The van der Waals surface area contributed by atoms with Gasteiger partial charge >= 0.3 is 20.2 Å². The maximum absolute atomic E-state index is 10.8. The Bertz CT molecular complexity index is 447. The van der Waals surface area contributed by atoms with E-state index in [-0.39, 0.29) is 0 Å². The van der Waals surface area contributed by atoms with E-state index in [0.29, 0.717) is 0 Å². The van der Waals surface area contributed by atoms with E-state index in [4.69, 9.17) is 2.62 Å². The van der Waals surface area contributed by atoms with Gasteiger partial charge in [0.05, 0.1) is 0 Å². The minimum Gasteiger partial charge on any atom is -0.179 e. The molecular weight excluding hydrogens is 370 g/mol. The van der Waals surface area contributed by atoms with Crippen LogP contribution in [0, 0.1) is 17.4 Å². The van der Waals surface area contributed by atoms with Gasteiger partial charge in [0.2, 0.25) is 0 Å². The second kappa shape index (κ2) is 5.96. The van der Waals surface area contributed by atoms with Crippen LogP contribution >= 0.6 is 0 Å². The van der Waals surface area contributed by atoms with Crippen molar-refractivity contribution in [2.24, 2.45) is 0 Å². The molecule has 0 aliphatic heterocycles. The maximum Gasteiger partial charge on any atom is 0.486 e. The van der Waals surface area contributed by atoms with Crippen LogP contribution in [-0.2, 0) is 2.62 Å². The lowest BCUT2D eigenvalue weighted by Crippen LogP contribution is -3.86. The van der Waals surface area contributed by atoms with Crippen molar-refractivity contribution < 1.29 is 47.1 Å². The van der Waals surface area contributed by atoms with Crippen LogP contribution < -0.4 is 34.2 Å². The van der Waals surface area contributed by atoms with Crippen molar-refractivity contribution in [2.75, 3.05) is 0 Å². The first-order valence-electron chi connectivity index (χ1n) is 4.97. The van der Waals surface area contributed by atoms with Crippen LogP contribution in [0.15, 0.2) is 60.7 Å². The molecule has 0 N–H and O–H groups in total. The molecule has 0 aromatic heterocycles. The molecule has 0 bridgehead atoms. The number of hydrogen-bond acceptors (Lipinski definition) is 4. The molecule has 0 amide bonds. The molecule has 0 heterocycles. The molecule has 0 atom stereocenters. The van der Waals surface area contributed by atoms with Gasteiger partial charge in [-0.25, -0.2) is 0 Å². The Balaban J connectivity index is 2.36. The molecule has 0 spiro atoms. The third-order valence-corrected chi connectivity index (χ3v) is 8.17. The average Bonchev–Trinajstić information content (AvgIpc) is 2.37. The molecule has 2 aromatic carbocycles. The lowest BCUT2D eigenvalue weighted by molar-refractivity contribution is -1.95. The quantitative estimate of drug-likeness (QED) is 0.510. The van der Waals surface area contributed by atoms with Crippen molar-refractivity contribution in [1.82, 2.24) is 0 Å². The average molecular weight is 381 g/mol. The lowest BCUT2D eigenvalue weighted by Gasteiger charge is -2.09. The van der Waals surface area contributed by atoms with E-state index in [1.165, 1.54) is 0 Å². The van der Waals surface area contributed by atoms with Crippen molar-refractivity contribution in [3.63, 3.8) is 0 Å². The van der Waals surface area contributed by atoms with Gasteiger partial charge in [-0.15, -0.1) is 0 Å². The molecule has 0 aliphatic carbocycles. The van der Waals surface area contributed by atoms with Gasteiger partial charge in [-0.05, 0) is 24.3 Å². The highest BCUT2D eigenvalue weighted by Crippen LogP contribution is 1.89. The number of benzene rings is 2. The Kier molecular flexibility index (Phi) is 4.55. The second-order valence-corrected chi connectivity index (χ2v) is 9.06. The van der Waals surface area contributed by atoms with E-state index in [1.807, 2.05) is 12.1 Å². The summed E-state index contributed by atoms with van der Waals surface area (Å²) in [5.74, 6) is 0. The Morgan fingerprint density at radius 3 is 1.44 bits per heavy atom. The van der Waals surface area contributed by atoms with E-state index < -0.39 is 30.5 Å². The van der Waals surface area contributed by atoms with E-state index in [2.05, 4.69) is 0 Å². The minimum absolute atomic E-state index is 0.764. The predicted molar refractivity (Wildman–Crippen MR) is 51.4 cm³/mol. The van der Waals surface area contributed by atoms with Crippen LogP contribution in [0.2, 0.25) is 0 Å². The maximum atomic E-state index is 10.8. The zero-order valence-corrected chi connectivity index (χ0v) is 12.1. The Morgan fingerprint density at radius 1 is 0.722 bits per heavy atom. The Morgan fingerprint density at radius 2 is 1.11 bits per heavy atom. The first kappa shape index (κ1) is 13.7. The van der Waals surface area contributed by atoms with E-state index in [0.717, 1.165) is 7.14 Å². The normalized spacial score (nSPS) is 11.8. The highest BCUT2D eigenvalue weighted by Gasteiger charge is 2.46. The highest BCUT2D eigenvalue weighted by molar-refractivity contribution is 5.03. The molecule has 0 fully saturated rings. The van der Waals surface area contributed by atoms with Crippen molar-refractivity contribution in [3.05, 3.63) is 67.8 Å². The molecule has 4 nitrogen and oxygen atoms in total. The van der Waals surface area contributed by atoms with Crippen LogP contribution in [0.5, 0.6) is 0 Å². The monoisotopic (exact) mass is 380 g/mol. The fourth-order valence-electron chi connectivity index (χ4n) is 1.32. The third kappa shape index (κ3) is 3.91. The molecule has 95 valence electrons. The van der Waals surface area contributed by atoms with Gasteiger partial charge in [0.25, 0.3) is 2.62 Å². The molecular formula is C12H10ClIO4+. The van der Waals surface area contributed by atoms with Gasteiger partial charge in [-0.3, -0.25) is 0 Å². The number of halogens is 2. The van der Waals surface area contributed by atoms with Gasteiger partial charge in [0.15, 0.2) is 7.14 Å². The standard InChI is InChI=1S/C12H10ClIO4/c15-13(16,17)18-14(11-7-3-1-4-8-11)12-9-5-2-6-10-12/h1-10H/q+1. The molecule has 0 aliphatic rings. The van der Waals surface area contributed by atoms with E-state index >= 15 is 0 Å². The fraction of sp³-hybridized carbons (Fsp3) is 0. The summed E-state index contributed by atoms with van der Waals surface area (Å²) in [6.45, 7) is 0. The third-order valence-electron chi connectivity index (χ3n) is 1.99. The van der Waals surface area contributed by atoms with E-state index in [1.54, 1.807) is 48.5 Å². The van der Waals surface area contributed by atoms with Gasteiger partial charge in [0.1, 0.15) is 10.2 Å². The highest BCUT2D eigenvalue weighted by atomic mass is 127. The minimum atomic E-state index is -4.42. The molecule has 6 heteroatoms. The smallest absolute Gasteiger partial charge is 0.179 e. The van der Waals surface area contributed by atoms with Gasteiger partial charge in [-0.2, -0.15) is 14.0 Å². The topological polar surface area (TPSA) is 78.4 Å². The van der Waals surface area contributed by atoms with Crippen LogP contribution in [0.4, 0.5) is 0 Å². The summed E-state index contributed by atoms with van der Waals surface area (Å²) in [4.78, 5) is 0. The number of rotatable bonds is 4. The molecule has 18 heavy (non-hydrogen) atoms. The van der Waals surface area contributed by atoms with Gasteiger partial charge in [-0.1, -0.05) is 36.4 Å². The zero-order chi connectivity index (χ0) is 13.0.